The molecule has 1 saturated heterocycles. The second-order valence-corrected chi connectivity index (χ2v) is 14.9. The van der Waals surface area contributed by atoms with Crippen LogP contribution in [0.5, 0.6) is 0 Å². The summed E-state index contributed by atoms with van der Waals surface area (Å²) in [7, 11) is 0. The Kier molecular flexibility index (Phi) is 33.2. The molecule has 15 heteroatoms. The van der Waals surface area contributed by atoms with Crippen molar-refractivity contribution >= 4 is 11.9 Å². The average molecular weight is 789 g/mol. The molecule has 1 amide bonds. The van der Waals surface area contributed by atoms with Crippen LogP contribution in [-0.2, 0) is 19.1 Å². The standard InChI is InChI=1S/C39H75NO13.Na/c1-2-3-4-5-6-7-8-9-10-11-14-17-20-23-32(45)40(25-22-19-16-13-12-15-18-21-24-33(46)47)26-29(43)34(48)38(30(44)27-41)53-39-37(51)36(50)35(49)31(28-42)52-39;/h29-31,34-39,41-44,48-51H,2-28H2,1H3,(H,46,47);/q;+1. The van der Waals surface area contributed by atoms with Crippen LogP contribution in [0.4, 0.5) is 0 Å². The first-order chi connectivity index (χ1) is 25.5. The van der Waals surface area contributed by atoms with Crippen LogP contribution >= 0.6 is 0 Å². The van der Waals surface area contributed by atoms with Crippen molar-refractivity contribution in [2.45, 2.75) is 210 Å². The maximum Gasteiger partial charge on any atom is 1.00 e. The third-order valence-electron chi connectivity index (χ3n) is 10.3. The maximum absolute atomic E-state index is 13.4. The molecule has 0 aromatic carbocycles. The van der Waals surface area contributed by atoms with Gasteiger partial charge in [0.05, 0.1) is 13.2 Å². The van der Waals surface area contributed by atoms with Gasteiger partial charge >= 0.3 is 35.5 Å². The number of nitrogens with zero attached hydrogens (tertiary/aromatic N) is 1. The second kappa shape index (κ2) is 33.5. The molecule has 1 heterocycles. The van der Waals surface area contributed by atoms with Gasteiger partial charge in [-0.25, -0.2) is 0 Å². The number of aliphatic carboxylic acids is 1. The minimum Gasteiger partial charge on any atom is -0.481 e. The van der Waals surface area contributed by atoms with Gasteiger partial charge in [0.2, 0.25) is 5.91 Å². The Hall–Kier alpha value is -0.460. The number of carboxylic acids is 1. The Labute approximate surface area is 345 Å². The normalized spacial score (nSPS) is 22.3. The molecule has 9 N–H and O–H groups in total. The van der Waals surface area contributed by atoms with Crippen molar-refractivity contribution in [3.63, 3.8) is 0 Å². The van der Waals surface area contributed by atoms with Gasteiger partial charge in [-0.3, -0.25) is 9.59 Å². The van der Waals surface area contributed by atoms with Crippen LogP contribution in [-0.4, -0.2) is 144 Å². The summed E-state index contributed by atoms with van der Waals surface area (Å²) >= 11 is 0. The van der Waals surface area contributed by atoms with Crippen LogP contribution in [0, 0.1) is 0 Å². The van der Waals surface area contributed by atoms with Crippen LogP contribution in [0.3, 0.4) is 0 Å². The summed E-state index contributed by atoms with van der Waals surface area (Å²) in [6.45, 7) is 0.652. The van der Waals surface area contributed by atoms with Crippen molar-refractivity contribution in [1.29, 1.82) is 0 Å². The zero-order valence-electron chi connectivity index (χ0n) is 33.4. The Bertz CT molecular complexity index is 920. The zero-order valence-corrected chi connectivity index (χ0v) is 35.4. The summed E-state index contributed by atoms with van der Waals surface area (Å²) < 4.78 is 10.9. The summed E-state index contributed by atoms with van der Waals surface area (Å²) in [5.74, 6) is -0.955. The van der Waals surface area contributed by atoms with Gasteiger partial charge in [0, 0.05) is 25.9 Å². The van der Waals surface area contributed by atoms with Gasteiger partial charge in [-0.15, -0.1) is 0 Å². The van der Waals surface area contributed by atoms with E-state index in [-0.39, 0.29) is 54.9 Å². The zero-order chi connectivity index (χ0) is 39.4. The van der Waals surface area contributed by atoms with E-state index in [2.05, 4.69) is 6.92 Å². The fourth-order valence-corrected chi connectivity index (χ4v) is 6.80. The van der Waals surface area contributed by atoms with E-state index in [9.17, 15) is 50.4 Å². The summed E-state index contributed by atoms with van der Waals surface area (Å²) in [6, 6.07) is 0. The number of amides is 1. The molecule has 0 radical (unpaired) electrons. The molecule has 9 unspecified atom stereocenters. The Morgan fingerprint density at radius 1 is 0.648 bits per heavy atom. The van der Waals surface area contributed by atoms with Crippen LogP contribution in [0.1, 0.15) is 155 Å². The van der Waals surface area contributed by atoms with Crippen LogP contribution in [0.15, 0.2) is 0 Å². The van der Waals surface area contributed by atoms with Crippen LogP contribution in [0.25, 0.3) is 0 Å². The monoisotopic (exact) mass is 789 g/mol. The topological polar surface area (TPSA) is 238 Å². The summed E-state index contributed by atoms with van der Waals surface area (Å²) in [5, 5.41) is 91.3. The van der Waals surface area contributed by atoms with Crippen molar-refractivity contribution in [2.24, 2.45) is 0 Å². The second-order valence-electron chi connectivity index (χ2n) is 14.9. The largest absolute Gasteiger partial charge is 1.00 e. The molecule has 0 saturated carbocycles. The molecule has 314 valence electrons. The molecule has 9 atom stereocenters. The summed E-state index contributed by atoms with van der Waals surface area (Å²) in [5.41, 5.74) is 0. The molecule has 54 heavy (non-hydrogen) atoms. The minimum absolute atomic E-state index is 0. The van der Waals surface area contributed by atoms with E-state index in [4.69, 9.17) is 14.6 Å². The SMILES string of the molecule is CCCCCCCCCCCCCCCC(=O)N(CCCCCCCCCCC(=O)O)CC(O)C(O)C(OC1OC(CO)C(O)C(O)C1O)C(O)CO.[Na+]. The van der Waals surface area contributed by atoms with Gasteiger partial charge in [0.25, 0.3) is 0 Å². The van der Waals surface area contributed by atoms with Crippen molar-refractivity contribution in [3.8, 4) is 0 Å². The summed E-state index contributed by atoms with van der Waals surface area (Å²) in [6.07, 6.45) is 7.37. The first-order valence-electron chi connectivity index (χ1n) is 20.6. The van der Waals surface area contributed by atoms with E-state index in [0.717, 1.165) is 57.8 Å². The smallest absolute Gasteiger partial charge is 0.481 e. The molecule has 1 aliphatic rings. The van der Waals surface area contributed by atoms with Gasteiger partial charge in [0.15, 0.2) is 6.29 Å². The number of hydrogen-bond acceptors (Lipinski definition) is 12. The summed E-state index contributed by atoms with van der Waals surface area (Å²) in [4.78, 5) is 25.6. The molecular weight excluding hydrogens is 713 g/mol. The molecule has 1 aliphatic heterocycles. The number of rotatable bonds is 34. The predicted molar refractivity (Wildman–Crippen MR) is 200 cm³/mol. The maximum atomic E-state index is 13.4. The quantitative estimate of drug-likeness (QED) is 0.0313. The van der Waals surface area contributed by atoms with Gasteiger partial charge in [0.1, 0.15) is 48.8 Å². The number of carbonyl (C=O) groups is 2. The molecule has 0 aliphatic carbocycles. The first-order valence-corrected chi connectivity index (χ1v) is 20.6. The fraction of sp³-hybridized carbons (Fsp3) is 0.949. The number of carbonyl (C=O) groups excluding carboxylic acids is 1. The number of carboxylic acid groups (broad SMARTS) is 1. The third-order valence-corrected chi connectivity index (χ3v) is 10.3. The van der Waals surface area contributed by atoms with Gasteiger partial charge < -0.3 is 60.3 Å². The Morgan fingerprint density at radius 3 is 1.57 bits per heavy atom. The fourth-order valence-electron chi connectivity index (χ4n) is 6.80. The third kappa shape index (κ3) is 23.1. The van der Waals surface area contributed by atoms with E-state index >= 15 is 0 Å². The van der Waals surface area contributed by atoms with E-state index < -0.39 is 74.3 Å². The van der Waals surface area contributed by atoms with Crippen molar-refractivity contribution in [3.05, 3.63) is 0 Å². The van der Waals surface area contributed by atoms with E-state index in [1.54, 1.807) is 0 Å². The molecule has 0 spiro atoms. The van der Waals surface area contributed by atoms with Gasteiger partial charge in [-0.2, -0.15) is 0 Å². The number of aliphatic hydroxyl groups is 8. The van der Waals surface area contributed by atoms with E-state index in [1.165, 1.54) is 62.7 Å². The van der Waals surface area contributed by atoms with E-state index in [0.29, 0.717) is 25.8 Å². The van der Waals surface area contributed by atoms with Crippen molar-refractivity contribution in [2.75, 3.05) is 26.3 Å². The predicted octanol–water partition coefficient (Wildman–Crippen LogP) is 0.156. The number of ether oxygens (including phenoxy) is 2. The molecule has 1 fully saturated rings. The minimum atomic E-state index is -1.86. The molecular formula is C39H75NNaO13+. The molecule has 0 bridgehead atoms. The van der Waals surface area contributed by atoms with E-state index in [1.807, 2.05) is 0 Å². The molecule has 14 nitrogen and oxygen atoms in total. The van der Waals surface area contributed by atoms with Gasteiger partial charge in [-0.1, -0.05) is 122 Å². The molecule has 1 rings (SSSR count). The molecule has 0 aromatic heterocycles. The average Bonchev–Trinajstić information content (AvgIpc) is 3.14. The van der Waals surface area contributed by atoms with Crippen molar-refractivity contribution in [1.82, 2.24) is 4.90 Å². The first kappa shape index (κ1) is 53.5. The van der Waals surface area contributed by atoms with Crippen molar-refractivity contribution < 1.29 is 94.6 Å². The van der Waals surface area contributed by atoms with Crippen LogP contribution < -0.4 is 29.6 Å². The Morgan fingerprint density at radius 2 is 1.11 bits per heavy atom. The Balaban J connectivity index is 0.0000281. The number of hydrogen-bond donors (Lipinski definition) is 9. The number of unbranched alkanes of at least 4 members (excludes halogenated alkanes) is 19. The molecule has 0 aromatic rings. The van der Waals surface area contributed by atoms with Gasteiger partial charge in [-0.05, 0) is 19.3 Å². The number of aliphatic hydroxyl groups excluding tert-OH is 8. The van der Waals surface area contributed by atoms with Crippen LogP contribution in [0.2, 0.25) is 0 Å².